The first-order valence-electron chi connectivity index (χ1n) is 5.60. The molecule has 92 valence electrons. The average molecular weight is 234 g/mol. The van der Waals surface area contributed by atoms with E-state index in [1.165, 1.54) is 0 Å². The molecule has 0 unspecified atom stereocenters. The molecule has 0 amide bonds. The molecule has 1 aliphatic rings. The van der Waals surface area contributed by atoms with E-state index in [1.54, 1.807) is 7.11 Å². The second-order valence-corrected chi connectivity index (χ2v) is 4.93. The molecule has 1 aliphatic heterocycles. The second-order valence-electron chi connectivity index (χ2n) is 4.93. The molecule has 0 fully saturated rings. The molecule has 2 rings (SSSR count). The van der Waals surface area contributed by atoms with Gasteiger partial charge >= 0.3 is 0 Å². The van der Waals surface area contributed by atoms with E-state index in [1.807, 2.05) is 32.9 Å². The van der Waals surface area contributed by atoms with E-state index >= 15 is 0 Å². The molecule has 1 aromatic rings. The minimum absolute atomic E-state index is 0.171. The van der Waals surface area contributed by atoms with Crippen LogP contribution in [0.25, 0.3) is 0 Å². The van der Waals surface area contributed by atoms with Gasteiger partial charge in [-0.25, -0.2) is 4.99 Å². The summed E-state index contributed by atoms with van der Waals surface area (Å²) >= 11 is 0. The summed E-state index contributed by atoms with van der Waals surface area (Å²) in [4.78, 5) is 4.52. The normalized spacial score (nSPS) is 17.5. The van der Waals surface area contributed by atoms with Crippen molar-refractivity contribution in [2.45, 2.75) is 26.3 Å². The van der Waals surface area contributed by atoms with Crippen LogP contribution in [0.5, 0.6) is 5.75 Å². The highest BCUT2D eigenvalue weighted by molar-refractivity contribution is 6.00. The maximum absolute atomic E-state index is 5.99. The fourth-order valence-corrected chi connectivity index (χ4v) is 1.83. The fourth-order valence-electron chi connectivity index (χ4n) is 1.83. The van der Waals surface area contributed by atoms with Crippen molar-refractivity contribution in [3.05, 3.63) is 23.3 Å². The minimum Gasteiger partial charge on any atom is -0.496 e. The number of benzene rings is 1. The van der Waals surface area contributed by atoms with E-state index < -0.39 is 0 Å². The van der Waals surface area contributed by atoms with Crippen LogP contribution in [0.4, 0.5) is 5.69 Å². The highest BCUT2D eigenvalue weighted by Gasteiger charge is 2.28. The van der Waals surface area contributed by atoms with Gasteiger partial charge in [0.2, 0.25) is 5.90 Å². The zero-order chi connectivity index (χ0) is 12.6. The van der Waals surface area contributed by atoms with Crippen molar-refractivity contribution in [1.29, 1.82) is 0 Å². The molecule has 0 saturated carbocycles. The Bertz CT molecular complexity index is 479. The van der Waals surface area contributed by atoms with Gasteiger partial charge in [0.1, 0.15) is 12.4 Å². The van der Waals surface area contributed by atoms with Crippen molar-refractivity contribution in [3.63, 3.8) is 0 Å². The molecule has 17 heavy (non-hydrogen) atoms. The lowest BCUT2D eigenvalue weighted by Gasteiger charge is -2.10. The third-order valence-electron chi connectivity index (χ3n) is 2.76. The molecular weight excluding hydrogens is 216 g/mol. The number of methoxy groups -OCH3 is 1. The number of hydrogen-bond acceptors (Lipinski definition) is 4. The average Bonchev–Trinajstić information content (AvgIpc) is 2.61. The third-order valence-corrected chi connectivity index (χ3v) is 2.76. The minimum atomic E-state index is -0.171. The summed E-state index contributed by atoms with van der Waals surface area (Å²) in [6.07, 6.45) is 0. The molecule has 0 saturated heterocycles. The van der Waals surface area contributed by atoms with Gasteiger partial charge < -0.3 is 15.2 Å². The van der Waals surface area contributed by atoms with Gasteiger partial charge in [-0.3, -0.25) is 0 Å². The lowest BCUT2D eigenvalue weighted by atomic mass is 10.1. The van der Waals surface area contributed by atoms with Gasteiger partial charge in [0, 0.05) is 11.8 Å². The number of hydrogen-bond donors (Lipinski definition) is 1. The summed E-state index contributed by atoms with van der Waals surface area (Å²) in [6, 6.07) is 3.76. The molecule has 2 N–H and O–H groups in total. The molecule has 1 heterocycles. The quantitative estimate of drug-likeness (QED) is 0.798. The Kier molecular flexibility index (Phi) is 2.73. The molecule has 0 aromatic heterocycles. The van der Waals surface area contributed by atoms with Crippen LogP contribution in [0.15, 0.2) is 17.1 Å². The Balaban J connectivity index is 2.44. The van der Waals surface area contributed by atoms with Crippen LogP contribution in [-0.2, 0) is 4.74 Å². The summed E-state index contributed by atoms with van der Waals surface area (Å²) in [5, 5.41) is 0. The van der Waals surface area contributed by atoms with E-state index in [4.69, 9.17) is 15.2 Å². The van der Waals surface area contributed by atoms with Crippen molar-refractivity contribution >= 4 is 11.6 Å². The first kappa shape index (κ1) is 11.8. The maximum atomic E-state index is 5.99. The molecule has 0 bridgehead atoms. The fraction of sp³-hybridized carbons (Fsp3) is 0.462. The molecule has 0 radical (unpaired) electrons. The molecule has 1 aromatic carbocycles. The Morgan fingerprint density at radius 1 is 1.41 bits per heavy atom. The predicted octanol–water partition coefficient (Wildman–Crippen LogP) is 2.14. The number of aryl methyl sites for hydroxylation is 1. The zero-order valence-electron chi connectivity index (χ0n) is 10.7. The number of anilines is 1. The summed E-state index contributed by atoms with van der Waals surface area (Å²) in [7, 11) is 1.63. The van der Waals surface area contributed by atoms with Gasteiger partial charge in [-0.2, -0.15) is 0 Å². The van der Waals surface area contributed by atoms with Gasteiger partial charge in [0.05, 0.1) is 18.2 Å². The predicted molar refractivity (Wildman–Crippen MR) is 68.7 cm³/mol. The van der Waals surface area contributed by atoms with Crippen molar-refractivity contribution in [2.24, 2.45) is 4.99 Å². The number of nitrogens with zero attached hydrogens (tertiary/aromatic N) is 1. The van der Waals surface area contributed by atoms with Gasteiger partial charge in [0.15, 0.2) is 0 Å². The summed E-state index contributed by atoms with van der Waals surface area (Å²) < 4.78 is 10.8. The summed E-state index contributed by atoms with van der Waals surface area (Å²) in [5.74, 6) is 1.40. The van der Waals surface area contributed by atoms with Crippen LogP contribution in [0.2, 0.25) is 0 Å². The number of nitrogen functional groups attached to an aromatic ring is 1. The van der Waals surface area contributed by atoms with Gasteiger partial charge in [-0.05, 0) is 32.4 Å². The summed E-state index contributed by atoms with van der Waals surface area (Å²) in [6.45, 7) is 6.63. The summed E-state index contributed by atoms with van der Waals surface area (Å²) in [5.41, 5.74) is 8.31. The van der Waals surface area contributed by atoms with Crippen LogP contribution in [0, 0.1) is 6.92 Å². The Morgan fingerprint density at radius 2 is 2.12 bits per heavy atom. The molecular formula is C13H18N2O2. The van der Waals surface area contributed by atoms with Gasteiger partial charge in [-0.1, -0.05) is 0 Å². The van der Waals surface area contributed by atoms with Crippen molar-refractivity contribution in [1.82, 2.24) is 0 Å². The smallest absolute Gasteiger partial charge is 0.218 e. The molecule has 4 nitrogen and oxygen atoms in total. The van der Waals surface area contributed by atoms with E-state index in [0.717, 1.165) is 16.9 Å². The molecule has 4 heteroatoms. The highest BCUT2D eigenvalue weighted by atomic mass is 16.5. The van der Waals surface area contributed by atoms with Crippen molar-refractivity contribution in [3.8, 4) is 5.75 Å². The van der Waals surface area contributed by atoms with Crippen molar-refractivity contribution in [2.75, 3.05) is 19.5 Å². The Labute approximate surface area is 101 Å². The number of nitrogens with two attached hydrogens (primary N) is 1. The first-order valence-corrected chi connectivity index (χ1v) is 5.60. The molecule has 0 spiro atoms. The van der Waals surface area contributed by atoms with Gasteiger partial charge in [-0.15, -0.1) is 0 Å². The second kappa shape index (κ2) is 3.95. The lowest BCUT2D eigenvalue weighted by molar-refractivity contribution is 0.279. The Hall–Kier alpha value is -1.71. The monoisotopic (exact) mass is 234 g/mol. The SMILES string of the molecule is COc1cc(N)c(C2=NC(C)(C)CO2)cc1C. The van der Waals surface area contributed by atoms with E-state index in [-0.39, 0.29) is 5.54 Å². The van der Waals surface area contributed by atoms with Gasteiger partial charge in [0.25, 0.3) is 0 Å². The van der Waals surface area contributed by atoms with Crippen LogP contribution in [0.3, 0.4) is 0 Å². The standard InChI is InChI=1S/C13H18N2O2/c1-8-5-9(10(14)6-11(8)16-4)12-15-13(2,3)7-17-12/h5-6H,7,14H2,1-4H3. The lowest BCUT2D eigenvalue weighted by Crippen LogP contribution is -2.17. The van der Waals surface area contributed by atoms with Crippen LogP contribution >= 0.6 is 0 Å². The zero-order valence-corrected chi connectivity index (χ0v) is 10.7. The topological polar surface area (TPSA) is 56.8 Å². The van der Waals surface area contributed by atoms with Crippen molar-refractivity contribution < 1.29 is 9.47 Å². The van der Waals surface area contributed by atoms with E-state index in [9.17, 15) is 0 Å². The maximum Gasteiger partial charge on any atom is 0.218 e. The first-order chi connectivity index (χ1) is 7.93. The van der Waals surface area contributed by atoms with E-state index in [2.05, 4.69) is 4.99 Å². The van der Waals surface area contributed by atoms with Crippen LogP contribution in [-0.4, -0.2) is 25.2 Å². The highest BCUT2D eigenvalue weighted by Crippen LogP contribution is 2.28. The third kappa shape index (κ3) is 2.20. The molecule has 0 aliphatic carbocycles. The molecule has 0 atom stereocenters. The Morgan fingerprint density at radius 3 is 2.65 bits per heavy atom. The number of aliphatic imine (C=N–C) groups is 1. The number of rotatable bonds is 2. The van der Waals surface area contributed by atoms with E-state index in [0.29, 0.717) is 18.2 Å². The largest absolute Gasteiger partial charge is 0.496 e. The van der Waals surface area contributed by atoms with Crippen LogP contribution < -0.4 is 10.5 Å². The van der Waals surface area contributed by atoms with Crippen LogP contribution in [0.1, 0.15) is 25.0 Å². The number of ether oxygens (including phenoxy) is 2.